The van der Waals surface area contributed by atoms with Crippen LogP contribution in [0.1, 0.15) is 187 Å². The van der Waals surface area contributed by atoms with E-state index in [-0.39, 0.29) is 0 Å². The lowest BCUT2D eigenvalue weighted by Gasteiger charge is -2.67. The average molecular weight is 930 g/mol. The molecule has 0 N–H and O–H groups in total. The Kier molecular flexibility index (Phi) is 23.6. The molecule has 266 valence electrons. The van der Waals surface area contributed by atoms with Crippen LogP contribution in [0.2, 0.25) is 0 Å². The summed E-state index contributed by atoms with van der Waals surface area (Å²) >= 11 is 25.7. The van der Waals surface area contributed by atoms with E-state index in [1.165, 1.54) is 196 Å². The van der Waals surface area contributed by atoms with E-state index >= 15 is 0 Å². The predicted molar refractivity (Wildman–Crippen MR) is 233 cm³/mol. The Balaban J connectivity index is 1.70. The second-order valence-electron chi connectivity index (χ2n) is 13.5. The lowest BCUT2D eigenvalue weighted by Crippen LogP contribution is -2.53. The molecule has 0 aromatic carbocycles. The van der Waals surface area contributed by atoms with Crippen molar-refractivity contribution in [3.63, 3.8) is 0 Å². The van der Waals surface area contributed by atoms with E-state index in [4.69, 9.17) is 0 Å². The first kappa shape index (κ1) is 42.9. The molecule has 4 fully saturated rings. The van der Waals surface area contributed by atoms with Crippen molar-refractivity contribution in [1.29, 1.82) is 0 Å². The molecule has 4 aliphatic heterocycles. The summed E-state index contributed by atoms with van der Waals surface area (Å²) in [6.45, 7) is 2.35. The molecular weight excluding hydrogens is 865 g/mol. The summed E-state index contributed by atoms with van der Waals surface area (Å²) in [5, 5.41) is 3.52. The van der Waals surface area contributed by atoms with Gasteiger partial charge in [0, 0.05) is 16.0 Å². The van der Waals surface area contributed by atoms with Crippen LogP contribution in [0.15, 0.2) is 0 Å². The molecule has 0 saturated carbocycles. The second kappa shape index (κ2) is 24.7. The van der Waals surface area contributed by atoms with Crippen molar-refractivity contribution in [3.8, 4) is 0 Å². The third-order valence-electron chi connectivity index (χ3n) is 9.30. The van der Waals surface area contributed by atoms with Crippen LogP contribution >= 0.6 is 118 Å². The highest BCUT2D eigenvalue weighted by atomic mass is 79.9. The zero-order valence-electron chi connectivity index (χ0n) is 28.5. The topological polar surface area (TPSA) is 0 Å². The van der Waals surface area contributed by atoms with Gasteiger partial charge in [-0.05, 0) is 44.9 Å². The van der Waals surface area contributed by atoms with Gasteiger partial charge in [-0.15, -0.1) is 70.6 Å². The summed E-state index contributed by atoms with van der Waals surface area (Å²) in [4.78, 5) is 0. The lowest BCUT2D eigenvalue weighted by atomic mass is 10.1. The Morgan fingerprint density at radius 1 is 0.289 bits per heavy atom. The average Bonchev–Trinajstić information content (AvgIpc) is 3.01. The molecule has 0 radical (unpaired) electrons. The molecule has 4 heterocycles. The summed E-state index contributed by atoms with van der Waals surface area (Å²) in [6.07, 6.45) is 39.7. The van der Waals surface area contributed by atoms with Crippen molar-refractivity contribution in [2.75, 3.05) is 16.0 Å². The van der Waals surface area contributed by atoms with Gasteiger partial charge in [0.25, 0.3) is 0 Å². The molecule has 0 unspecified atom stereocenters. The molecule has 4 rings (SSSR count). The van der Waals surface area contributed by atoms with Crippen LogP contribution in [0, 0.1) is 0 Å². The number of hydrogen-bond donors (Lipinski definition) is 0. The van der Waals surface area contributed by atoms with E-state index < -0.39 is 0 Å². The molecule has 4 saturated heterocycles. The van der Waals surface area contributed by atoms with Crippen molar-refractivity contribution < 1.29 is 0 Å². The quantitative estimate of drug-likeness (QED) is 0.0498. The summed E-state index contributed by atoms with van der Waals surface area (Å²) in [7, 11) is 0. The van der Waals surface area contributed by atoms with Crippen LogP contribution < -0.4 is 0 Å². The van der Waals surface area contributed by atoms with Crippen LogP contribution in [-0.4, -0.2) is 29.6 Å². The summed E-state index contributed by atoms with van der Waals surface area (Å²) in [6, 6.07) is 0. The molecule has 0 aromatic rings. The Morgan fingerprint density at radius 3 is 0.711 bits per heavy atom. The molecular formula is C36H65Br3S6. The van der Waals surface area contributed by atoms with Crippen LogP contribution in [0.4, 0.5) is 0 Å². The molecule has 4 bridgehead atoms. The van der Waals surface area contributed by atoms with Crippen LogP contribution in [0.5, 0.6) is 0 Å². The first-order valence-electron chi connectivity index (χ1n) is 18.9. The maximum absolute atomic E-state index is 3.63. The van der Waals surface area contributed by atoms with Crippen molar-refractivity contribution in [1.82, 2.24) is 0 Å². The van der Waals surface area contributed by atoms with E-state index in [2.05, 4.69) is 125 Å². The number of thioether (sulfide) groups is 6. The third-order valence-corrected chi connectivity index (χ3v) is 23.2. The minimum absolute atomic E-state index is 0.381. The highest BCUT2D eigenvalue weighted by molar-refractivity contribution is 9.09. The zero-order chi connectivity index (χ0) is 32.2. The van der Waals surface area contributed by atoms with Gasteiger partial charge < -0.3 is 0 Å². The number of alkyl halides is 3. The number of unbranched alkanes of at least 4 members (excludes halogenated alkanes) is 20. The van der Waals surface area contributed by atoms with Crippen LogP contribution in [-0.2, 0) is 0 Å². The lowest BCUT2D eigenvalue weighted by molar-refractivity contribution is 0.580. The predicted octanol–water partition coefficient (Wildman–Crippen LogP) is 17.2. The van der Waals surface area contributed by atoms with Gasteiger partial charge in [-0.25, -0.2) is 0 Å². The normalized spacial score (nSPS) is 28.8. The van der Waals surface area contributed by atoms with Crippen molar-refractivity contribution in [2.45, 2.75) is 200 Å². The van der Waals surface area contributed by atoms with Crippen molar-refractivity contribution in [2.24, 2.45) is 0 Å². The summed E-state index contributed by atoms with van der Waals surface area (Å²) < 4.78 is 1.52. The second-order valence-corrected chi connectivity index (χ2v) is 28.6. The van der Waals surface area contributed by atoms with Gasteiger partial charge in [0.15, 0.2) is 0 Å². The summed E-state index contributed by atoms with van der Waals surface area (Å²) in [5.74, 6) is 0. The van der Waals surface area contributed by atoms with Gasteiger partial charge in [-0.2, -0.15) is 0 Å². The fourth-order valence-electron chi connectivity index (χ4n) is 6.84. The molecule has 4 aliphatic rings. The van der Waals surface area contributed by atoms with Crippen molar-refractivity contribution in [3.05, 3.63) is 0 Å². The fourth-order valence-corrected chi connectivity index (χ4v) is 29.9. The first-order valence-corrected chi connectivity index (χ1v) is 27.1. The highest BCUT2D eigenvalue weighted by Gasteiger charge is 2.71. The van der Waals surface area contributed by atoms with E-state index in [0.717, 1.165) is 0 Å². The first-order chi connectivity index (χ1) is 22.0. The van der Waals surface area contributed by atoms with E-state index in [0.29, 0.717) is 13.6 Å². The minimum Gasteiger partial charge on any atom is -0.104 e. The SMILES string of the molecule is CCCCCCCCC12SC3(CCCCCCCCBr)SC(CCCCCCCCBr)(S1)SC(CCCCCCCCBr)(S2)S3. The van der Waals surface area contributed by atoms with E-state index in [1.807, 2.05) is 0 Å². The maximum atomic E-state index is 3.63. The highest BCUT2D eigenvalue weighted by Crippen LogP contribution is 2.91. The zero-order valence-corrected chi connectivity index (χ0v) is 38.2. The van der Waals surface area contributed by atoms with Crippen molar-refractivity contribution >= 4 is 118 Å². The molecule has 45 heavy (non-hydrogen) atoms. The van der Waals surface area contributed by atoms with Gasteiger partial charge in [0.05, 0.1) is 0 Å². The van der Waals surface area contributed by atoms with Gasteiger partial charge in [0.1, 0.15) is 13.6 Å². The Labute approximate surface area is 331 Å². The Bertz CT molecular complexity index is 667. The van der Waals surface area contributed by atoms with Gasteiger partial charge >= 0.3 is 0 Å². The maximum Gasteiger partial charge on any atom is 0.113 e. The molecule has 0 atom stereocenters. The molecule has 0 aliphatic carbocycles. The van der Waals surface area contributed by atoms with E-state index in [9.17, 15) is 0 Å². The standard InChI is InChI=1S/C36H65Br3S6/c1-2-3-4-5-12-19-26-33-40-34(27-20-13-6-9-16-23-30-37)43-35(41-33,28-21-14-7-10-17-24-31-38)45-36(42-33,44-34)29-22-15-8-11-18-25-32-39/h2-32H2,1H3. The smallest absolute Gasteiger partial charge is 0.104 e. The summed E-state index contributed by atoms with van der Waals surface area (Å²) in [5.41, 5.74) is 0. The molecule has 0 amide bonds. The van der Waals surface area contributed by atoms with Gasteiger partial charge in [-0.3, -0.25) is 0 Å². The largest absolute Gasteiger partial charge is 0.113 e. The molecule has 0 nitrogen and oxygen atoms in total. The van der Waals surface area contributed by atoms with Gasteiger partial charge in [0.2, 0.25) is 0 Å². The molecule has 9 heteroatoms. The number of rotatable bonds is 31. The van der Waals surface area contributed by atoms with Crippen LogP contribution in [0.25, 0.3) is 0 Å². The van der Waals surface area contributed by atoms with Gasteiger partial charge in [-0.1, -0.05) is 190 Å². The monoisotopic (exact) mass is 926 g/mol. The minimum atomic E-state index is 0.381. The molecule has 0 spiro atoms. The fraction of sp³-hybridized carbons (Fsp3) is 1.00. The third kappa shape index (κ3) is 16.0. The molecule has 0 aromatic heterocycles. The van der Waals surface area contributed by atoms with Crippen LogP contribution in [0.3, 0.4) is 0 Å². The number of hydrogen-bond acceptors (Lipinski definition) is 6. The Hall–Kier alpha value is 3.54. The Morgan fingerprint density at radius 2 is 0.489 bits per heavy atom. The number of halogens is 3. The van der Waals surface area contributed by atoms with E-state index in [1.54, 1.807) is 0 Å².